The lowest BCUT2D eigenvalue weighted by molar-refractivity contribution is 0.0460. The first kappa shape index (κ1) is 25.7. The van der Waals surface area contributed by atoms with Crippen LogP contribution in [0.15, 0.2) is 30.6 Å². The average Bonchev–Trinajstić information content (AvgIpc) is 3.56. The zero-order valence-electron chi connectivity index (χ0n) is 20.3. The highest BCUT2D eigenvalue weighted by atomic mass is 35.5. The zero-order valence-corrected chi connectivity index (χ0v) is 21.9. The van der Waals surface area contributed by atoms with Crippen molar-refractivity contribution in [2.45, 2.75) is 33.5 Å². The fourth-order valence-electron chi connectivity index (χ4n) is 4.14. The molecule has 0 radical (unpaired) electrons. The van der Waals surface area contributed by atoms with Crippen LogP contribution in [0, 0.1) is 13.8 Å². The lowest BCUT2D eigenvalue weighted by Crippen LogP contribution is -2.28. The van der Waals surface area contributed by atoms with Crippen LogP contribution in [0.2, 0.25) is 5.15 Å². The van der Waals surface area contributed by atoms with Crippen molar-refractivity contribution in [3.8, 4) is 16.9 Å². The van der Waals surface area contributed by atoms with E-state index in [9.17, 15) is 18.4 Å². The van der Waals surface area contributed by atoms with E-state index in [4.69, 9.17) is 16.3 Å². The summed E-state index contributed by atoms with van der Waals surface area (Å²) in [6.07, 6.45) is 2.94. The van der Waals surface area contributed by atoms with Gasteiger partial charge in [0.15, 0.2) is 5.13 Å². The van der Waals surface area contributed by atoms with Crippen LogP contribution in [-0.2, 0) is 13.1 Å². The molecule has 0 saturated carbocycles. The summed E-state index contributed by atoms with van der Waals surface area (Å²) in [5, 5.41) is 7.07. The van der Waals surface area contributed by atoms with Crippen LogP contribution in [0.3, 0.4) is 0 Å². The third-order valence-electron chi connectivity index (χ3n) is 5.85. The van der Waals surface area contributed by atoms with Gasteiger partial charge in [-0.1, -0.05) is 22.9 Å². The first-order valence-electron chi connectivity index (χ1n) is 11.2. The number of anilines is 1. The van der Waals surface area contributed by atoms with Crippen molar-refractivity contribution >= 4 is 39.9 Å². The van der Waals surface area contributed by atoms with E-state index in [-0.39, 0.29) is 29.5 Å². The summed E-state index contributed by atoms with van der Waals surface area (Å²) in [6.45, 7) is 0.719. The molecule has 0 spiro atoms. The Hall–Kier alpha value is -3.97. The molecule has 1 N–H and O–H groups in total. The number of alkyl halides is 2. The van der Waals surface area contributed by atoms with E-state index < -0.39 is 18.4 Å². The van der Waals surface area contributed by atoms with Gasteiger partial charge in [0.05, 0.1) is 48.2 Å². The number of pyridine rings is 2. The Morgan fingerprint density at radius 1 is 1.11 bits per heavy atom. The average molecular weight is 560 g/mol. The number of hydrogen-bond donors (Lipinski definition) is 1. The molecule has 0 atom stereocenters. The molecule has 0 unspecified atom stereocenters. The van der Waals surface area contributed by atoms with E-state index in [1.807, 2.05) is 0 Å². The normalized spacial score (nSPS) is 12.7. The van der Waals surface area contributed by atoms with Crippen molar-refractivity contribution in [2.75, 3.05) is 12.4 Å². The minimum atomic E-state index is -2.93. The van der Waals surface area contributed by atoms with Crippen molar-refractivity contribution in [3.05, 3.63) is 69.0 Å². The summed E-state index contributed by atoms with van der Waals surface area (Å²) < 4.78 is 32.4. The number of rotatable bonds is 6. The van der Waals surface area contributed by atoms with E-state index >= 15 is 0 Å². The molecule has 4 aromatic heterocycles. The highest BCUT2D eigenvalue weighted by Crippen LogP contribution is 2.36. The summed E-state index contributed by atoms with van der Waals surface area (Å²) in [4.78, 5) is 41.1. The lowest BCUT2D eigenvalue weighted by Gasteiger charge is -2.16. The molecule has 1 aliphatic rings. The van der Waals surface area contributed by atoms with Crippen LogP contribution in [0.1, 0.15) is 49.4 Å². The molecule has 10 nitrogen and oxygen atoms in total. The molecule has 0 aromatic carbocycles. The largest absolute Gasteiger partial charge is 0.494 e. The van der Waals surface area contributed by atoms with Gasteiger partial charge in [0.1, 0.15) is 16.6 Å². The van der Waals surface area contributed by atoms with Gasteiger partial charge in [0.25, 0.3) is 11.8 Å². The summed E-state index contributed by atoms with van der Waals surface area (Å²) in [7, 11) is 1.50. The Bertz CT molecular complexity index is 1550. The maximum absolute atomic E-state index is 13.3. The Morgan fingerprint density at radius 2 is 1.89 bits per heavy atom. The quantitative estimate of drug-likeness (QED) is 0.335. The Morgan fingerprint density at radius 3 is 2.61 bits per heavy atom. The van der Waals surface area contributed by atoms with Crippen LogP contribution in [0.4, 0.5) is 13.9 Å². The molecule has 0 saturated heterocycles. The topological polar surface area (TPSA) is 115 Å². The van der Waals surface area contributed by atoms with Crippen molar-refractivity contribution in [2.24, 2.45) is 0 Å². The van der Waals surface area contributed by atoms with Gasteiger partial charge in [-0.3, -0.25) is 19.9 Å². The fourth-order valence-corrected chi connectivity index (χ4v) is 5.28. The number of halogens is 3. The Labute approximate surface area is 224 Å². The predicted molar refractivity (Wildman–Crippen MR) is 136 cm³/mol. The number of nitrogens with one attached hydrogen (secondary N) is 1. The molecule has 196 valence electrons. The highest BCUT2D eigenvalue weighted by Gasteiger charge is 2.31. The van der Waals surface area contributed by atoms with E-state index in [1.165, 1.54) is 41.8 Å². The molecular formula is C24H20ClF2N7O3S. The Kier molecular flexibility index (Phi) is 6.80. The molecule has 4 aromatic rings. The fraction of sp³-hybridized carbons (Fsp3) is 0.250. The maximum atomic E-state index is 13.3. The van der Waals surface area contributed by atoms with E-state index in [0.29, 0.717) is 43.8 Å². The van der Waals surface area contributed by atoms with Crippen molar-refractivity contribution in [1.82, 2.24) is 29.6 Å². The monoisotopic (exact) mass is 559 g/mol. The first-order chi connectivity index (χ1) is 18.1. The number of thiazole rings is 1. The number of aryl methyl sites for hydroxylation is 2. The van der Waals surface area contributed by atoms with Gasteiger partial charge in [-0.05, 0) is 32.0 Å². The van der Waals surface area contributed by atoms with E-state index in [2.05, 4.69) is 25.4 Å². The number of fused-ring (bicyclic) bond motifs is 1. The van der Waals surface area contributed by atoms with Crippen molar-refractivity contribution in [1.29, 1.82) is 0 Å². The van der Waals surface area contributed by atoms with Gasteiger partial charge < -0.3 is 9.64 Å². The van der Waals surface area contributed by atoms with Gasteiger partial charge in [-0.15, -0.1) is 0 Å². The third kappa shape index (κ3) is 4.82. The number of amides is 2. The number of nitrogens with zero attached hydrogens (tertiary/aromatic N) is 6. The summed E-state index contributed by atoms with van der Waals surface area (Å²) in [6, 6.07) is 4.69. The second kappa shape index (κ2) is 10.1. The lowest BCUT2D eigenvalue weighted by atomic mass is 10.0. The molecule has 38 heavy (non-hydrogen) atoms. The first-order valence-corrected chi connectivity index (χ1v) is 12.4. The van der Waals surface area contributed by atoms with Crippen LogP contribution < -0.4 is 10.1 Å². The summed E-state index contributed by atoms with van der Waals surface area (Å²) in [5.41, 5.74) is 2.82. The van der Waals surface area contributed by atoms with E-state index in [1.54, 1.807) is 26.0 Å². The maximum Gasteiger partial charge on any atom is 0.333 e. The minimum Gasteiger partial charge on any atom is -0.494 e. The van der Waals surface area contributed by atoms with Gasteiger partial charge >= 0.3 is 6.55 Å². The molecule has 0 fully saturated rings. The number of ether oxygens (including phenoxy) is 1. The standard InChI is InChI=1S/C24H20ClF2N7O3S/c1-11-4-13(14-6-20(25)29-8-18(14)37-3)15(7-28-11)21(35)31-24-30-16-9-33(10-19(16)38-24)22(36)17-5-12(2)32-34(17)23(26)27/h4-8,23H,9-10H2,1-3H3,(H,30,31,35). The SMILES string of the molecule is COc1cnc(Cl)cc1-c1cc(C)ncc1C(=O)Nc1nc2c(s1)CN(C(=O)c1cc(C)nn1C(F)F)C2. The van der Waals surface area contributed by atoms with Crippen molar-refractivity contribution in [3.63, 3.8) is 0 Å². The summed E-state index contributed by atoms with van der Waals surface area (Å²) >= 11 is 7.31. The molecule has 5 heterocycles. The second-order valence-corrected chi connectivity index (χ2v) is 9.95. The van der Waals surface area contributed by atoms with Crippen molar-refractivity contribution < 1.29 is 23.1 Å². The van der Waals surface area contributed by atoms with Crippen LogP contribution in [-0.4, -0.2) is 48.6 Å². The van der Waals surface area contributed by atoms with Gasteiger partial charge in [-0.25, -0.2) is 9.97 Å². The molecule has 2 amide bonds. The number of carbonyl (C=O) groups excluding carboxylic acids is 2. The number of aromatic nitrogens is 5. The van der Waals surface area contributed by atoms with Crippen LogP contribution in [0.5, 0.6) is 5.75 Å². The number of hydrogen-bond acceptors (Lipinski definition) is 8. The third-order valence-corrected chi connectivity index (χ3v) is 7.06. The molecule has 1 aliphatic heterocycles. The van der Waals surface area contributed by atoms with Gasteiger partial charge in [-0.2, -0.15) is 18.6 Å². The summed E-state index contributed by atoms with van der Waals surface area (Å²) in [5.74, 6) is -0.573. The molecular weight excluding hydrogens is 540 g/mol. The van der Waals surface area contributed by atoms with Crippen LogP contribution >= 0.6 is 22.9 Å². The van der Waals surface area contributed by atoms with E-state index in [0.717, 1.165) is 4.88 Å². The predicted octanol–water partition coefficient (Wildman–Crippen LogP) is 4.88. The molecule has 0 bridgehead atoms. The Balaban J connectivity index is 1.36. The minimum absolute atomic E-state index is 0.123. The zero-order chi connectivity index (χ0) is 27.1. The smallest absolute Gasteiger partial charge is 0.333 e. The molecule has 14 heteroatoms. The van der Waals surface area contributed by atoms with Gasteiger partial charge in [0, 0.05) is 23.0 Å². The molecule has 5 rings (SSSR count). The van der Waals surface area contributed by atoms with Gasteiger partial charge in [0.2, 0.25) is 0 Å². The van der Waals surface area contributed by atoms with Crippen LogP contribution in [0.25, 0.3) is 11.1 Å². The second-order valence-electron chi connectivity index (χ2n) is 8.48. The number of carbonyl (C=O) groups is 2. The molecule has 0 aliphatic carbocycles. The highest BCUT2D eigenvalue weighted by molar-refractivity contribution is 7.16. The number of methoxy groups -OCH3 is 1.